The maximum Gasteiger partial charge on any atom is 0.324 e. The van der Waals surface area contributed by atoms with Gasteiger partial charge in [-0.25, -0.2) is 0 Å². The van der Waals surface area contributed by atoms with E-state index in [1.54, 1.807) is 13.8 Å². The lowest BCUT2D eigenvalue weighted by Crippen LogP contribution is -2.46. The SMILES string of the molecule is CCOC(=O)C1(C(=O)OCC)C/C(=C/c2ccccc2)c2ccccc2C1. The van der Waals surface area contributed by atoms with Gasteiger partial charge in [-0.3, -0.25) is 9.59 Å². The zero-order valence-corrected chi connectivity index (χ0v) is 15.7. The van der Waals surface area contributed by atoms with Crippen LogP contribution in [0.25, 0.3) is 11.6 Å². The molecule has 4 heteroatoms. The van der Waals surface area contributed by atoms with Crippen molar-refractivity contribution in [2.75, 3.05) is 13.2 Å². The van der Waals surface area contributed by atoms with Gasteiger partial charge in [0.15, 0.2) is 5.41 Å². The van der Waals surface area contributed by atoms with E-state index in [0.717, 1.165) is 22.3 Å². The third kappa shape index (κ3) is 3.80. The summed E-state index contributed by atoms with van der Waals surface area (Å²) in [6.07, 6.45) is 2.58. The van der Waals surface area contributed by atoms with Gasteiger partial charge in [0.1, 0.15) is 0 Å². The lowest BCUT2D eigenvalue weighted by molar-refractivity contribution is -0.171. The maximum atomic E-state index is 12.9. The van der Waals surface area contributed by atoms with Gasteiger partial charge in [-0.05, 0) is 36.1 Å². The molecule has 27 heavy (non-hydrogen) atoms. The highest BCUT2D eigenvalue weighted by molar-refractivity contribution is 6.04. The number of carbonyl (C=O) groups excluding carboxylic acids is 2. The molecule has 0 bridgehead atoms. The summed E-state index contributed by atoms with van der Waals surface area (Å²) < 4.78 is 10.6. The molecule has 0 radical (unpaired) electrons. The van der Waals surface area contributed by atoms with Crippen molar-refractivity contribution in [1.29, 1.82) is 0 Å². The average Bonchev–Trinajstić information content (AvgIpc) is 2.69. The van der Waals surface area contributed by atoms with Gasteiger partial charge in [-0.1, -0.05) is 60.7 Å². The minimum absolute atomic E-state index is 0.222. The molecular formula is C23H24O4. The lowest BCUT2D eigenvalue weighted by atomic mass is 9.69. The Hall–Kier alpha value is -2.88. The molecule has 0 N–H and O–H groups in total. The number of allylic oxidation sites excluding steroid dienone is 1. The third-order valence-corrected chi connectivity index (χ3v) is 4.82. The van der Waals surface area contributed by atoms with Gasteiger partial charge in [-0.2, -0.15) is 0 Å². The first-order valence-electron chi connectivity index (χ1n) is 9.29. The highest BCUT2D eigenvalue weighted by atomic mass is 16.6. The van der Waals surface area contributed by atoms with Crippen LogP contribution >= 0.6 is 0 Å². The van der Waals surface area contributed by atoms with Crippen LogP contribution in [-0.4, -0.2) is 25.2 Å². The molecule has 3 rings (SSSR count). The van der Waals surface area contributed by atoms with E-state index < -0.39 is 17.4 Å². The number of hydrogen-bond donors (Lipinski definition) is 0. The Bertz CT molecular complexity index is 834. The summed E-state index contributed by atoms with van der Waals surface area (Å²) in [5.41, 5.74) is 2.62. The van der Waals surface area contributed by atoms with Gasteiger partial charge in [0.25, 0.3) is 0 Å². The molecule has 140 valence electrons. The van der Waals surface area contributed by atoms with E-state index in [4.69, 9.17) is 9.47 Å². The lowest BCUT2D eigenvalue weighted by Gasteiger charge is -2.35. The molecule has 0 saturated heterocycles. The summed E-state index contributed by atoms with van der Waals surface area (Å²) >= 11 is 0. The quantitative estimate of drug-likeness (QED) is 0.587. The molecule has 0 unspecified atom stereocenters. The van der Waals surface area contributed by atoms with Crippen LogP contribution in [0.5, 0.6) is 0 Å². The average molecular weight is 364 g/mol. The van der Waals surface area contributed by atoms with Crippen molar-refractivity contribution in [3.63, 3.8) is 0 Å². The maximum absolute atomic E-state index is 12.9. The first-order chi connectivity index (χ1) is 13.1. The smallest absolute Gasteiger partial charge is 0.324 e. The Morgan fingerprint density at radius 2 is 1.48 bits per heavy atom. The normalized spacial score (nSPS) is 16.4. The van der Waals surface area contributed by atoms with Gasteiger partial charge in [0.05, 0.1) is 13.2 Å². The van der Waals surface area contributed by atoms with Crippen LogP contribution in [0.1, 0.15) is 37.0 Å². The van der Waals surface area contributed by atoms with Crippen LogP contribution in [0, 0.1) is 5.41 Å². The highest BCUT2D eigenvalue weighted by Crippen LogP contribution is 2.44. The van der Waals surface area contributed by atoms with Crippen LogP contribution in [0.2, 0.25) is 0 Å². The fourth-order valence-corrected chi connectivity index (χ4v) is 3.59. The van der Waals surface area contributed by atoms with Crippen LogP contribution < -0.4 is 0 Å². The molecule has 1 aliphatic rings. The molecule has 0 atom stereocenters. The van der Waals surface area contributed by atoms with E-state index >= 15 is 0 Å². The Morgan fingerprint density at radius 1 is 0.889 bits per heavy atom. The summed E-state index contributed by atoms with van der Waals surface area (Å²) in [6, 6.07) is 17.8. The second-order valence-corrected chi connectivity index (χ2v) is 6.61. The number of ether oxygens (including phenoxy) is 2. The van der Waals surface area contributed by atoms with Crippen LogP contribution in [0.3, 0.4) is 0 Å². The summed E-state index contributed by atoms with van der Waals surface area (Å²) in [4.78, 5) is 25.8. The topological polar surface area (TPSA) is 52.6 Å². The Morgan fingerprint density at radius 3 is 2.11 bits per heavy atom. The zero-order chi connectivity index (χ0) is 19.3. The second kappa shape index (κ2) is 8.21. The predicted octanol–water partition coefficient (Wildman–Crippen LogP) is 4.29. The van der Waals surface area contributed by atoms with Crippen LogP contribution in [0.4, 0.5) is 0 Å². The van der Waals surface area contributed by atoms with E-state index in [1.807, 2.05) is 60.7 Å². The van der Waals surface area contributed by atoms with Crippen LogP contribution in [0.15, 0.2) is 54.6 Å². The molecule has 0 aromatic heterocycles. The monoisotopic (exact) mass is 364 g/mol. The van der Waals surface area contributed by atoms with Crippen molar-refractivity contribution < 1.29 is 19.1 Å². The van der Waals surface area contributed by atoms with E-state index in [-0.39, 0.29) is 26.1 Å². The van der Waals surface area contributed by atoms with Gasteiger partial charge < -0.3 is 9.47 Å². The molecule has 0 spiro atoms. The molecule has 0 amide bonds. The summed E-state index contributed by atoms with van der Waals surface area (Å²) in [5.74, 6) is -1.03. The molecule has 1 aliphatic carbocycles. The number of esters is 2. The Balaban J connectivity index is 2.13. The van der Waals surface area contributed by atoms with Crippen molar-refractivity contribution >= 4 is 23.6 Å². The number of carbonyl (C=O) groups is 2. The van der Waals surface area contributed by atoms with E-state index in [9.17, 15) is 9.59 Å². The van der Waals surface area contributed by atoms with Crippen molar-refractivity contribution in [2.45, 2.75) is 26.7 Å². The van der Waals surface area contributed by atoms with Gasteiger partial charge in [0, 0.05) is 12.8 Å². The zero-order valence-electron chi connectivity index (χ0n) is 15.7. The van der Waals surface area contributed by atoms with Crippen LogP contribution in [-0.2, 0) is 25.5 Å². The fourth-order valence-electron chi connectivity index (χ4n) is 3.59. The predicted molar refractivity (Wildman–Crippen MR) is 105 cm³/mol. The van der Waals surface area contributed by atoms with E-state index in [2.05, 4.69) is 0 Å². The van der Waals surface area contributed by atoms with Crippen molar-refractivity contribution in [2.24, 2.45) is 5.41 Å². The van der Waals surface area contributed by atoms with Gasteiger partial charge in [-0.15, -0.1) is 0 Å². The number of rotatable bonds is 5. The minimum atomic E-state index is -1.35. The first-order valence-corrected chi connectivity index (χ1v) is 9.29. The molecule has 0 saturated carbocycles. The molecule has 0 aliphatic heterocycles. The summed E-state index contributed by atoms with van der Waals surface area (Å²) in [6.45, 7) is 3.93. The third-order valence-electron chi connectivity index (χ3n) is 4.82. The largest absolute Gasteiger partial charge is 0.465 e. The van der Waals surface area contributed by atoms with E-state index in [0.29, 0.717) is 0 Å². The number of benzene rings is 2. The van der Waals surface area contributed by atoms with Crippen molar-refractivity contribution in [3.05, 3.63) is 71.3 Å². The summed E-state index contributed by atoms with van der Waals surface area (Å²) in [7, 11) is 0. The van der Waals surface area contributed by atoms with Crippen molar-refractivity contribution in [3.8, 4) is 0 Å². The summed E-state index contributed by atoms with van der Waals surface area (Å²) in [5, 5.41) is 0. The molecule has 0 fully saturated rings. The van der Waals surface area contributed by atoms with E-state index in [1.165, 1.54) is 0 Å². The molecule has 4 nitrogen and oxygen atoms in total. The first kappa shape index (κ1) is 18.9. The molecule has 2 aromatic rings. The minimum Gasteiger partial charge on any atom is -0.465 e. The standard InChI is InChI=1S/C23H24O4/c1-3-26-21(24)23(22(25)27-4-2)15-18-12-8-9-13-20(18)19(16-23)14-17-10-6-5-7-11-17/h5-14H,3-4,15-16H2,1-2H3/b19-14-. The number of hydrogen-bond acceptors (Lipinski definition) is 4. The fraction of sp³-hybridized carbons (Fsp3) is 0.304. The highest BCUT2D eigenvalue weighted by Gasteiger charge is 2.52. The number of fused-ring (bicyclic) bond motifs is 1. The molecule has 2 aromatic carbocycles. The Labute approximate surface area is 159 Å². The Kier molecular flexibility index (Phi) is 5.75. The molecular weight excluding hydrogens is 340 g/mol. The van der Waals surface area contributed by atoms with Gasteiger partial charge in [0.2, 0.25) is 0 Å². The van der Waals surface area contributed by atoms with Gasteiger partial charge >= 0.3 is 11.9 Å². The van der Waals surface area contributed by atoms with Crippen molar-refractivity contribution in [1.82, 2.24) is 0 Å². The molecule has 0 heterocycles. The second-order valence-electron chi connectivity index (χ2n) is 6.61.